The van der Waals surface area contributed by atoms with E-state index in [1.165, 1.54) is 23.4 Å². The minimum atomic E-state index is 0.0589. The Balaban J connectivity index is 2.20. The smallest absolute Gasteiger partial charge is 0.191 e. The van der Waals surface area contributed by atoms with Crippen LogP contribution in [0.5, 0.6) is 0 Å². The van der Waals surface area contributed by atoms with Crippen LogP contribution < -0.4 is 11.5 Å². The van der Waals surface area contributed by atoms with Gasteiger partial charge in [0.15, 0.2) is 10.9 Å². The number of nitrogens with zero attached hydrogens (tertiary/aromatic N) is 2. The maximum Gasteiger partial charge on any atom is 0.191 e. The predicted octanol–water partition coefficient (Wildman–Crippen LogP) is 3.86. The van der Waals surface area contributed by atoms with E-state index >= 15 is 0 Å². The van der Waals surface area contributed by atoms with Crippen LogP contribution in [0.15, 0.2) is 29.4 Å². The highest BCUT2D eigenvalue weighted by Gasteiger charge is 2.16. The van der Waals surface area contributed by atoms with Crippen LogP contribution in [0.2, 0.25) is 0 Å². The van der Waals surface area contributed by atoms with E-state index in [4.69, 9.17) is 11.5 Å². The second kappa shape index (κ2) is 7.66. The van der Waals surface area contributed by atoms with Crippen LogP contribution in [0.1, 0.15) is 61.0 Å². The van der Waals surface area contributed by atoms with Gasteiger partial charge in [0.1, 0.15) is 11.6 Å². The Morgan fingerprint density at radius 3 is 2.21 bits per heavy atom. The number of nitrogen functional groups attached to an aromatic ring is 2. The molecule has 4 N–H and O–H groups in total. The lowest BCUT2D eigenvalue weighted by molar-refractivity contribution is 0.102. The number of aromatic nitrogens is 2. The van der Waals surface area contributed by atoms with Gasteiger partial charge in [0, 0.05) is 11.6 Å². The zero-order chi connectivity index (χ0) is 17.9. The summed E-state index contributed by atoms with van der Waals surface area (Å²) in [5.41, 5.74) is 14.4. The van der Waals surface area contributed by atoms with Gasteiger partial charge in [0.2, 0.25) is 0 Å². The topological polar surface area (TPSA) is 94.9 Å². The van der Waals surface area contributed by atoms with Crippen molar-refractivity contribution in [1.82, 2.24) is 9.97 Å². The number of benzene rings is 1. The summed E-state index contributed by atoms with van der Waals surface area (Å²) in [6, 6.07) is 7.60. The van der Waals surface area contributed by atoms with Crippen LogP contribution in [0, 0.1) is 0 Å². The molecule has 2 rings (SSSR count). The monoisotopic (exact) mass is 344 g/mol. The molecule has 0 fully saturated rings. The first-order valence-electron chi connectivity index (χ1n) is 7.97. The van der Waals surface area contributed by atoms with E-state index in [0.29, 0.717) is 22.7 Å². The van der Waals surface area contributed by atoms with E-state index in [-0.39, 0.29) is 17.5 Å². The molecule has 0 saturated heterocycles. The molecule has 0 spiro atoms. The third kappa shape index (κ3) is 4.47. The van der Waals surface area contributed by atoms with Crippen molar-refractivity contribution >= 4 is 29.2 Å². The average Bonchev–Trinajstić information content (AvgIpc) is 2.51. The van der Waals surface area contributed by atoms with E-state index in [1.807, 2.05) is 12.1 Å². The van der Waals surface area contributed by atoms with Crippen molar-refractivity contribution in [1.29, 1.82) is 0 Å². The SMILES string of the molecule is CC(C)c1ccc(C(=O)CSc2nc(N)cc(N)n2)c(C(C)C)c1. The molecule has 5 nitrogen and oxygen atoms in total. The summed E-state index contributed by atoms with van der Waals surface area (Å²) in [7, 11) is 0. The molecule has 0 atom stereocenters. The average molecular weight is 344 g/mol. The zero-order valence-electron chi connectivity index (χ0n) is 14.5. The molecule has 0 amide bonds. The van der Waals surface area contributed by atoms with Gasteiger partial charge in [-0.15, -0.1) is 0 Å². The minimum Gasteiger partial charge on any atom is -0.383 e. The number of hydrogen-bond acceptors (Lipinski definition) is 6. The van der Waals surface area contributed by atoms with Gasteiger partial charge >= 0.3 is 0 Å². The molecule has 6 heteroatoms. The van der Waals surface area contributed by atoms with E-state index in [1.54, 1.807) is 0 Å². The van der Waals surface area contributed by atoms with Gasteiger partial charge in [-0.3, -0.25) is 4.79 Å². The van der Waals surface area contributed by atoms with Crippen LogP contribution in [0.3, 0.4) is 0 Å². The Hall–Kier alpha value is -2.08. The van der Waals surface area contributed by atoms with E-state index in [2.05, 4.69) is 43.7 Å². The Morgan fingerprint density at radius 1 is 1.04 bits per heavy atom. The summed E-state index contributed by atoms with van der Waals surface area (Å²) in [6.45, 7) is 8.51. The number of carbonyl (C=O) groups excluding carboxylic acids is 1. The number of Topliss-reactive ketones (excluding diaryl/α,β-unsaturated/α-hetero) is 1. The third-order valence-electron chi connectivity index (χ3n) is 3.74. The van der Waals surface area contributed by atoms with Crippen LogP contribution in [0.25, 0.3) is 0 Å². The largest absolute Gasteiger partial charge is 0.383 e. The number of carbonyl (C=O) groups is 1. The number of rotatable bonds is 6. The van der Waals surface area contributed by atoms with E-state index in [0.717, 1.165) is 11.1 Å². The summed E-state index contributed by atoms with van der Waals surface area (Å²) in [5, 5.41) is 0.422. The summed E-state index contributed by atoms with van der Waals surface area (Å²) in [5.74, 6) is 1.65. The molecule has 1 aromatic heterocycles. The van der Waals surface area contributed by atoms with Gasteiger partial charge in [0.05, 0.1) is 5.75 Å². The first-order valence-corrected chi connectivity index (χ1v) is 8.96. The maximum absolute atomic E-state index is 12.7. The highest BCUT2D eigenvalue weighted by Crippen LogP contribution is 2.27. The number of hydrogen-bond donors (Lipinski definition) is 2. The second-order valence-electron chi connectivity index (χ2n) is 6.37. The predicted molar refractivity (Wildman–Crippen MR) is 101 cm³/mol. The molecule has 0 unspecified atom stereocenters. The normalized spacial score (nSPS) is 11.2. The summed E-state index contributed by atoms with van der Waals surface area (Å²) in [6.07, 6.45) is 0. The van der Waals surface area contributed by atoms with Crippen LogP contribution in [-0.4, -0.2) is 21.5 Å². The number of nitrogens with two attached hydrogens (primary N) is 2. The van der Waals surface area contributed by atoms with Crippen LogP contribution in [0.4, 0.5) is 11.6 Å². The number of thioether (sulfide) groups is 1. The van der Waals surface area contributed by atoms with Crippen LogP contribution >= 0.6 is 11.8 Å². The van der Waals surface area contributed by atoms with Crippen molar-refractivity contribution in [2.75, 3.05) is 17.2 Å². The summed E-state index contributed by atoms with van der Waals surface area (Å²) in [4.78, 5) is 20.8. The first-order chi connectivity index (χ1) is 11.3. The molecule has 0 aliphatic heterocycles. The Bertz CT molecular complexity index is 724. The van der Waals surface area contributed by atoms with Crippen molar-refractivity contribution in [2.24, 2.45) is 0 Å². The van der Waals surface area contributed by atoms with Gasteiger partial charge in [-0.1, -0.05) is 57.7 Å². The lowest BCUT2D eigenvalue weighted by Gasteiger charge is -2.15. The molecule has 24 heavy (non-hydrogen) atoms. The molecule has 1 heterocycles. The van der Waals surface area contributed by atoms with Gasteiger partial charge in [-0.25, -0.2) is 9.97 Å². The molecule has 0 bridgehead atoms. The van der Waals surface area contributed by atoms with E-state index in [9.17, 15) is 4.79 Å². The van der Waals surface area contributed by atoms with Crippen molar-refractivity contribution < 1.29 is 4.79 Å². The summed E-state index contributed by atoms with van der Waals surface area (Å²) < 4.78 is 0. The zero-order valence-corrected chi connectivity index (χ0v) is 15.4. The Kier molecular flexibility index (Phi) is 5.83. The molecular formula is C18H24N4OS. The molecule has 128 valence electrons. The minimum absolute atomic E-state index is 0.0589. The second-order valence-corrected chi connectivity index (χ2v) is 7.31. The molecule has 0 saturated carbocycles. The molecular weight excluding hydrogens is 320 g/mol. The molecule has 2 aromatic rings. The molecule has 1 aromatic carbocycles. The third-order valence-corrected chi connectivity index (χ3v) is 4.59. The van der Waals surface area contributed by atoms with Gasteiger partial charge < -0.3 is 11.5 Å². The quantitative estimate of drug-likeness (QED) is 0.469. The van der Waals surface area contributed by atoms with E-state index < -0.39 is 0 Å². The van der Waals surface area contributed by atoms with Gasteiger partial charge in [-0.05, 0) is 23.0 Å². The lowest BCUT2D eigenvalue weighted by atomic mass is 9.90. The van der Waals surface area contributed by atoms with Crippen molar-refractivity contribution in [3.8, 4) is 0 Å². The molecule has 0 aliphatic rings. The standard InChI is InChI=1S/C18H24N4OS/c1-10(2)12-5-6-13(14(7-12)11(3)4)15(23)9-24-18-21-16(19)8-17(20)22-18/h5-8,10-11H,9H2,1-4H3,(H4,19,20,21,22). The van der Waals surface area contributed by atoms with Crippen molar-refractivity contribution in [2.45, 2.75) is 44.7 Å². The van der Waals surface area contributed by atoms with Crippen molar-refractivity contribution in [3.05, 3.63) is 41.0 Å². The fourth-order valence-corrected chi connectivity index (χ4v) is 3.16. The number of ketones is 1. The van der Waals surface area contributed by atoms with Gasteiger partial charge in [0.25, 0.3) is 0 Å². The van der Waals surface area contributed by atoms with Gasteiger partial charge in [-0.2, -0.15) is 0 Å². The number of anilines is 2. The first kappa shape index (κ1) is 18.3. The Labute approximate surface area is 147 Å². The van der Waals surface area contributed by atoms with Crippen molar-refractivity contribution in [3.63, 3.8) is 0 Å². The highest BCUT2D eigenvalue weighted by atomic mass is 32.2. The summed E-state index contributed by atoms with van der Waals surface area (Å²) >= 11 is 1.25. The highest BCUT2D eigenvalue weighted by molar-refractivity contribution is 7.99. The molecule has 0 aliphatic carbocycles. The molecule has 0 radical (unpaired) electrons. The maximum atomic E-state index is 12.7. The fourth-order valence-electron chi connectivity index (χ4n) is 2.41. The fraction of sp³-hybridized carbons (Fsp3) is 0.389. The lowest BCUT2D eigenvalue weighted by Crippen LogP contribution is -2.09. The van der Waals surface area contributed by atoms with Crippen LogP contribution in [-0.2, 0) is 0 Å². The Morgan fingerprint density at radius 2 is 1.67 bits per heavy atom.